The van der Waals surface area contributed by atoms with Crippen LogP contribution in [0, 0.1) is 0 Å². The summed E-state index contributed by atoms with van der Waals surface area (Å²) in [5, 5.41) is 13.7. The van der Waals surface area contributed by atoms with Crippen molar-refractivity contribution < 1.29 is 32.9 Å². The minimum absolute atomic E-state index is 0.00492. The Balaban J connectivity index is 4.09. The summed E-state index contributed by atoms with van der Waals surface area (Å²) in [4.78, 5) is 25.3. The molecule has 8 nitrogen and oxygen atoms in total. The van der Waals surface area contributed by atoms with Gasteiger partial charge in [0.05, 0.1) is 39.9 Å². The van der Waals surface area contributed by atoms with E-state index in [9.17, 15) is 19.4 Å². The highest BCUT2D eigenvalue weighted by atomic mass is 31.2. The van der Waals surface area contributed by atoms with Gasteiger partial charge in [-0.05, 0) is 70.6 Å². The lowest BCUT2D eigenvalue weighted by Gasteiger charge is -2.29. The minimum atomic E-state index is -4.59. The molecule has 0 spiro atoms. The Labute approximate surface area is 382 Å². The van der Waals surface area contributed by atoms with Crippen molar-refractivity contribution >= 4 is 13.7 Å². The van der Waals surface area contributed by atoms with Gasteiger partial charge < -0.3 is 28.8 Å². The van der Waals surface area contributed by atoms with Crippen LogP contribution in [0.25, 0.3) is 0 Å². The number of amides is 1. The van der Waals surface area contributed by atoms with Gasteiger partial charge in [-0.1, -0.05) is 202 Å². The molecule has 2 N–H and O–H groups in total. The third-order valence-corrected chi connectivity index (χ3v) is 11.6. The van der Waals surface area contributed by atoms with Crippen LogP contribution in [0.2, 0.25) is 0 Å². The summed E-state index contributed by atoms with van der Waals surface area (Å²) in [6.07, 6.45) is 60.8. The first-order chi connectivity index (χ1) is 30.0. The fourth-order valence-electron chi connectivity index (χ4n) is 6.68. The van der Waals surface area contributed by atoms with E-state index in [0.29, 0.717) is 17.4 Å². The van der Waals surface area contributed by atoms with E-state index in [-0.39, 0.29) is 19.1 Å². The largest absolute Gasteiger partial charge is 0.756 e. The fourth-order valence-corrected chi connectivity index (χ4v) is 7.41. The normalized spacial score (nSPS) is 14.9. The van der Waals surface area contributed by atoms with Crippen LogP contribution < -0.4 is 10.2 Å². The van der Waals surface area contributed by atoms with Gasteiger partial charge in [-0.3, -0.25) is 9.36 Å². The van der Waals surface area contributed by atoms with Crippen molar-refractivity contribution in [3.8, 4) is 0 Å². The second kappa shape index (κ2) is 43.9. The molecule has 3 atom stereocenters. The number of likely N-dealkylation sites (N-methyl/N-ethyl adjacent to an activating group) is 1. The average molecular weight is 887 g/mol. The van der Waals surface area contributed by atoms with E-state index >= 15 is 0 Å². The number of aliphatic hydroxyl groups is 1. The molecule has 0 aromatic rings. The summed E-state index contributed by atoms with van der Waals surface area (Å²) in [5.41, 5.74) is 0. The van der Waals surface area contributed by atoms with E-state index in [1.54, 1.807) is 6.08 Å². The predicted octanol–water partition coefficient (Wildman–Crippen LogP) is 13.9. The van der Waals surface area contributed by atoms with E-state index in [1.807, 2.05) is 27.2 Å². The molecule has 0 aromatic heterocycles. The quantitative estimate of drug-likeness (QED) is 0.0273. The van der Waals surface area contributed by atoms with Gasteiger partial charge >= 0.3 is 0 Å². The van der Waals surface area contributed by atoms with Crippen LogP contribution in [0.5, 0.6) is 0 Å². The maximum atomic E-state index is 12.9. The molecular formula is C53H95N2O6P. The fraction of sp³-hybridized carbons (Fsp3) is 0.717. The molecule has 0 rings (SSSR count). The Kier molecular flexibility index (Phi) is 42.3. The van der Waals surface area contributed by atoms with Gasteiger partial charge in [0.2, 0.25) is 5.91 Å². The molecule has 62 heavy (non-hydrogen) atoms. The number of carbonyl (C=O) groups is 1. The highest BCUT2D eigenvalue weighted by Crippen LogP contribution is 2.38. The Hall–Kier alpha value is -2.32. The van der Waals surface area contributed by atoms with Crippen molar-refractivity contribution in [1.82, 2.24) is 5.32 Å². The summed E-state index contributed by atoms with van der Waals surface area (Å²) in [5.74, 6) is -0.206. The summed E-state index contributed by atoms with van der Waals surface area (Å²) in [6, 6.07) is -0.889. The van der Waals surface area contributed by atoms with Crippen molar-refractivity contribution in [3.63, 3.8) is 0 Å². The van der Waals surface area contributed by atoms with E-state index in [2.05, 4.69) is 92.1 Å². The van der Waals surface area contributed by atoms with Crippen LogP contribution in [0.4, 0.5) is 0 Å². The molecule has 0 aliphatic rings. The van der Waals surface area contributed by atoms with E-state index in [1.165, 1.54) is 96.3 Å². The molecule has 0 radical (unpaired) electrons. The highest BCUT2D eigenvalue weighted by molar-refractivity contribution is 7.45. The molecule has 0 saturated heterocycles. The van der Waals surface area contributed by atoms with Crippen LogP contribution in [0.3, 0.4) is 0 Å². The van der Waals surface area contributed by atoms with Crippen molar-refractivity contribution in [3.05, 3.63) is 85.1 Å². The van der Waals surface area contributed by atoms with Gasteiger partial charge in [-0.2, -0.15) is 0 Å². The first kappa shape index (κ1) is 59.7. The number of carbonyl (C=O) groups excluding carboxylic acids is 1. The molecule has 0 heterocycles. The molecule has 0 fully saturated rings. The molecular weight excluding hydrogens is 792 g/mol. The number of hydrogen-bond donors (Lipinski definition) is 2. The second-order valence-electron chi connectivity index (χ2n) is 17.8. The molecule has 0 aliphatic carbocycles. The van der Waals surface area contributed by atoms with E-state index < -0.39 is 20.0 Å². The number of hydrogen-bond acceptors (Lipinski definition) is 6. The molecule has 0 aliphatic heterocycles. The van der Waals surface area contributed by atoms with Gasteiger partial charge in [0, 0.05) is 6.42 Å². The molecule has 0 aromatic carbocycles. The predicted molar refractivity (Wildman–Crippen MR) is 265 cm³/mol. The van der Waals surface area contributed by atoms with Gasteiger partial charge in [-0.15, -0.1) is 0 Å². The number of aliphatic hydroxyl groups excluding tert-OH is 1. The van der Waals surface area contributed by atoms with Crippen molar-refractivity contribution in [1.29, 1.82) is 0 Å². The number of unbranched alkanes of at least 4 members (excludes halogenated alkanes) is 19. The number of phosphoric ester groups is 1. The Morgan fingerprint density at radius 1 is 0.581 bits per heavy atom. The SMILES string of the molecule is CC/C=C\C/C=C\C/C=C\C/C=C\C/C=C\C/C=C\CCCCCCCCCCCCCCC(=O)NC(COP(=O)([O-])OCC[N+](C)(C)C)C(O)/C=C/CCCCCCCCC. The maximum absolute atomic E-state index is 12.9. The third kappa shape index (κ3) is 45.7. The Bertz CT molecular complexity index is 1280. The monoisotopic (exact) mass is 887 g/mol. The molecule has 358 valence electrons. The average Bonchev–Trinajstić information content (AvgIpc) is 3.23. The second-order valence-corrected chi connectivity index (χ2v) is 19.2. The van der Waals surface area contributed by atoms with E-state index in [4.69, 9.17) is 9.05 Å². The van der Waals surface area contributed by atoms with Crippen LogP contribution in [0.15, 0.2) is 85.1 Å². The number of nitrogens with one attached hydrogen (secondary N) is 1. The van der Waals surface area contributed by atoms with Crippen LogP contribution in [-0.4, -0.2) is 68.5 Å². The zero-order valence-corrected chi connectivity index (χ0v) is 41.4. The zero-order valence-electron chi connectivity index (χ0n) is 40.5. The lowest BCUT2D eigenvalue weighted by Crippen LogP contribution is -2.45. The number of phosphoric acid groups is 1. The van der Waals surface area contributed by atoms with E-state index in [0.717, 1.165) is 77.0 Å². The first-order valence-electron chi connectivity index (χ1n) is 24.9. The van der Waals surface area contributed by atoms with Crippen molar-refractivity contribution in [2.45, 2.75) is 206 Å². The topological polar surface area (TPSA) is 108 Å². The lowest BCUT2D eigenvalue weighted by atomic mass is 10.0. The van der Waals surface area contributed by atoms with Crippen LogP contribution in [-0.2, 0) is 18.4 Å². The third-order valence-electron chi connectivity index (χ3n) is 10.6. The Morgan fingerprint density at radius 2 is 0.984 bits per heavy atom. The summed E-state index contributed by atoms with van der Waals surface area (Å²) in [6.45, 7) is 4.48. The molecule has 3 unspecified atom stereocenters. The molecule has 0 saturated carbocycles. The number of quaternary nitrogens is 1. The van der Waals surface area contributed by atoms with Crippen LogP contribution in [0.1, 0.15) is 194 Å². The minimum Gasteiger partial charge on any atom is -0.756 e. The van der Waals surface area contributed by atoms with Crippen molar-refractivity contribution in [2.24, 2.45) is 0 Å². The van der Waals surface area contributed by atoms with Gasteiger partial charge in [0.15, 0.2) is 0 Å². The molecule has 1 amide bonds. The molecule has 0 bridgehead atoms. The van der Waals surface area contributed by atoms with Gasteiger partial charge in [-0.25, -0.2) is 0 Å². The lowest BCUT2D eigenvalue weighted by molar-refractivity contribution is -0.870. The number of rotatable bonds is 44. The first-order valence-corrected chi connectivity index (χ1v) is 26.4. The van der Waals surface area contributed by atoms with Gasteiger partial charge in [0.25, 0.3) is 7.82 Å². The van der Waals surface area contributed by atoms with Crippen molar-refractivity contribution in [2.75, 3.05) is 40.9 Å². The smallest absolute Gasteiger partial charge is 0.268 e. The number of nitrogens with zero attached hydrogens (tertiary/aromatic N) is 1. The number of allylic oxidation sites excluding steroid dienone is 13. The van der Waals surface area contributed by atoms with Crippen LogP contribution >= 0.6 is 7.82 Å². The Morgan fingerprint density at radius 3 is 1.44 bits per heavy atom. The van der Waals surface area contributed by atoms with Gasteiger partial charge in [0.1, 0.15) is 13.2 Å². The summed E-state index contributed by atoms with van der Waals surface area (Å²) >= 11 is 0. The standard InChI is InChI=1S/C53H95N2O6P/c1-6-8-10-12-14-16-17-18-19-20-21-22-23-24-25-26-27-28-29-30-31-32-33-34-35-36-37-39-41-43-45-47-53(57)54-51(50-61-62(58,59)60-49-48-55(3,4)5)52(56)46-44-42-40-38-15-13-11-9-7-2/h8,10,14,16,18-19,21-22,24-25,27-28,44,46,51-52,56H,6-7,9,11-13,15,17,20,23,26,29-43,45,47-50H2,1-5H3,(H-,54,57,58,59)/b10-8-,16-14-,19-18-,22-21-,25-24-,28-27-,46-44+. The highest BCUT2D eigenvalue weighted by Gasteiger charge is 2.23. The zero-order chi connectivity index (χ0) is 45.7. The summed E-state index contributed by atoms with van der Waals surface area (Å²) in [7, 11) is 1.25. The maximum Gasteiger partial charge on any atom is 0.268 e. The summed E-state index contributed by atoms with van der Waals surface area (Å²) < 4.78 is 23.2. The molecule has 9 heteroatoms.